The molecule has 2 heterocycles. The van der Waals surface area contributed by atoms with Crippen molar-refractivity contribution in [3.63, 3.8) is 0 Å². The number of hydrogen-bond donors (Lipinski definition) is 0. The van der Waals surface area contributed by atoms with Crippen LogP contribution in [0.2, 0.25) is 0 Å². The van der Waals surface area contributed by atoms with E-state index in [1.165, 1.54) is 11.3 Å². The fourth-order valence-electron chi connectivity index (χ4n) is 1.43. The van der Waals surface area contributed by atoms with E-state index >= 15 is 0 Å². The van der Waals surface area contributed by atoms with Crippen LogP contribution in [0.5, 0.6) is 0 Å². The van der Waals surface area contributed by atoms with Crippen LogP contribution in [0.1, 0.15) is 16.3 Å². The lowest BCUT2D eigenvalue weighted by molar-refractivity contribution is 0.732. The minimum atomic E-state index is 0.0831. The molecule has 0 aromatic carbocycles. The maximum Gasteiger partial charge on any atom is 0.307 e. The molecule has 0 aliphatic rings. The van der Waals surface area contributed by atoms with Crippen LogP contribution >= 0.6 is 27.3 Å². The standard InChI is InChI=1S/C11H11BrN2OS/c1-7-8(2)16-11(15)14(7)6-10-4-3-9(12)5-13-10/h3-5H,6H2,1-2H3. The van der Waals surface area contributed by atoms with Crippen LogP contribution in [0.25, 0.3) is 0 Å². The van der Waals surface area contributed by atoms with Gasteiger partial charge in [-0.3, -0.25) is 14.3 Å². The summed E-state index contributed by atoms with van der Waals surface area (Å²) in [5, 5.41) is 0. The first-order valence-corrected chi connectivity index (χ1v) is 6.46. The van der Waals surface area contributed by atoms with E-state index in [2.05, 4.69) is 20.9 Å². The minimum Gasteiger partial charge on any atom is -0.297 e. The number of rotatable bonds is 2. The average Bonchev–Trinajstić information content (AvgIpc) is 2.48. The van der Waals surface area contributed by atoms with Gasteiger partial charge in [-0.1, -0.05) is 11.3 Å². The number of pyridine rings is 1. The molecular formula is C11H11BrN2OS. The molecule has 84 valence electrons. The summed E-state index contributed by atoms with van der Waals surface area (Å²) in [5.74, 6) is 0. The van der Waals surface area contributed by atoms with Crippen molar-refractivity contribution in [2.75, 3.05) is 0 Å². The summed E-state index contributed by atoms with van der Waals surface area (Å²) < 4.78 is 2.71. The van der Waals surface area contributed by atoms with E-state index in [0.29, 0.717) is 6.54 Å². The Kier molecular flexibility index (Phi) is 3.25. The molecule has 0 atom stereocenters. The molecule has 0 fully saturated rings. The van der Waals surface area contributed by atoms with Crippen molar-refractivity contribution in [3.8, 4) is 0 Å². The number of hydrogen-bond acceptors (Lipinski definition) is 3. The van der Waals surface area contributed by atoms with Gasteiger partial charge in [0.1, 0.15) is 0 Å². The number of halogens is 1. The van der Waals surface area contributed by atoms with Crippen molar-refractivity contribution in [3.05, 3.63) is 48.7 Å². The zero-order valence-electron chi connectivity index (χ0n) is 9.03. The second-order valence-corrected chi connectivity index (χ2v) is 5.64. The average molecular weight is 299 g/mol. The summed E-state index contributed by atoms with van der Waals surface area (Å²) in [6.07, 6.45) is 1.74. The number of aryl methyl sites for hydroxylation is 1. The summed E-state index contributed by atoms with van der Waals surface area (Å²) >= 11 is 4.62. The summed E-state index contributed by atoms with van der Waals surface area (Å²) in [4.78, 5) is 17.1. The molecule has 0 saturated heterocycles. The Morgan fingerprint density at radius 3 is 2.69 bits per heavy atom. The number of thiazole rings is 1. The van der Waals surface area contributed by atoms with Gasteiger partial charge in [-0.05, 0) is 41.9 Å². The topological polar surface area (TPSA) is 34.9 Å². The Morgan fingerprint density at radius 1 is 1.44 bits per heavy atom. The van der Waals surface area contributed by atoms with Crippen molar-refractivity contribution in [2.24, 2.45) is 0 Å². The maximum atomic E-state index is 11.7. The van der Waals surface area contributed by atoms with Crippen LogP contribution in [0.3, 0.4) is 0 Å². The zero-order valence-corrected chi connectivity index (χ0v) is 11.4. The van der Waals surface area contributed by atoms with E-state index in [1.807, 2.05) is 26.0 Å². The lowest BCUT2D eigenvalue weighted by Crippen LogP contribution is -2.16. The highest BCUT2D eigenvalue weighted by molar-refractivity contribution is 9.10. The lowest BCUT2D eigenvalue weighted by atomic mass is 10.3. The van der Waals surface area contributed by atoms with Crippen LogP contribution in [0, 0.1) is 13.8 Å². The highest BCUT2D eigenvalue weighted by atomic mass is 79.9. The Balaban J connectivity index is 2.34. The molecule has 5 heteroatoms. The van der Waals surface area contributed by atoms with Gasteiger partial charge in [-0.2, -0.15) is 0 Å². The Hall–Kier alpha value is -0.940. The summed E-state index contributed by atoms with van der Waals surface area (Å²) in [5.41, 5.74) is 1.92. The SMILES string of the molecule is Cc1sc(=O)n(Cc2ccc(Br)cn2)c1C. The van der Waals surface area contributed by atoms with Crippen molar-refractivity contribution in [1.82, 2.24) is 9.55 Å². The van der Waals surface area contributed by atoms with E-state index in [0.717, 1.165) is 20.7 Å². The van der Waals surface area contributed by atoms with E-state index in [9.17, 15) is 4.79 Å². The molecule has 3 nitrogen and oxygen atoms in total. The largest absolute Gasteiger partial charge is 0.307 e. The van der Waals surface area contributed by atoms with Gasteiger partial charge in [0.05, 0.1) is 12.2 Å². The van der Waals surface area contributed by atoms with E-state index in [1.54, 1.807) is 10.8 Å². The molecule has 0 radical (unpaired) electrons. The van der Waals surface area contributed by atoms with Crippen LogP contribution in [0.15, 0.2) is 27.6 Å². The Morgan fingerprint density at radius 2 is 2.19 bits per heavy atom. The quantitative estimate of drug-likeness (QED) is 0.854. The molecule has 0 N–H and O–H groups in total. The second-order valence-electron chi connectivity index (χ2n) is 3.56. The predicted molar refractivity (Wildman–Crippen MR) is 69.1 cm³/mol. The first-order chi connectivity index (χ1) is 7.58. The number of nitrogens with zero attached hydrogens (tertiary/aromatic N) is 2. The molecule has 2 aromatic heterocycles. The highest BCUT2D eigenvalue weighted by Gasteiger charge is 2.08. The molecule has 0 bridgehead atoms. The van der Waals surface area contributed by atoms with Gasteiger partial charge in [0, 0.05) is 21.2 Å². The fourth-order valence-corrected chi connectivity index (χ4v) is 2.50. The van der Waals surface area contributed by atoms with Crippen LogP contribution in [-0.4, -0.2) is 9.55 Å². The van der Waals surface area contributed by atoms with E-state index in [4.69, 9.17) is 0 Å². The fraction of sp³-hybridized carbons (Fsp3) is 0.273. The molecular weight excluding hydrogens is 288 g/mol. The monoisotopic (exact) mass is 298 g/mol. The molecule has 2 rings (SSSR count). The molecule has 0 spiro atoms. The summed E-state index contributed by atoms with van der Waals surface area (Å²) in [6.45, 7) is 4.47. The van der Waals surface area contributed by atoms with Crippen molar-refractivity contribution in [2.45, 2.75) is 20.4 Å². The first kappa shape index (κ1) is 11.5. The summed E-state index contributed by atoms with van der Waals surface area (Å²) in [7, 11) is 0. The zero-order chi connectivity index (χ0) is 11.7. The Bertz CT molecular complexity index is 556. The van der Waals surface area contributed by atoms with Gasteiger partial charge in [-0.25, -0.2) is 0 Å². The number of aromatic nitrogens is 2. The molecule has 0 amide bonds. The third kappa shape index (κ3) is 2.25. The van der Waals surface area contributed by atoms with Gasteiger partial charge >= 0.3 is 4.87 Å². The normalized spacial score (nSPS) is 10.7. The minimum absolute atomic E-state index is 0.0831. The lowest BCUT2D eigenvalue weighted by Gasteiger charge is -2.04. The molecule has 0 aliphatic heterocycles. The predicted octanol–water partition coefficient (Wildman–Crippen LogP) is 2.73. The molecule has 0 unspecified atom stereocenters. The first-order valence-electron chi connectivity index (χ1n) is 4.85. The third-order valence-corrected chi connectivity index (χ3v) is 3.95. The smallest absolute Gasteiger partial charge is 0.297 e. The molecule has 2 aromatic rings. The van der Waals surface area contributed by atoms with Crippen molar-refractivity contribution < 1.29 is 0 Å². The van der Waals surface area contributed by atoms with E-state index < -0.39 is 0 Å². The van der Waals surface area contributed by atoms with Crippen molar-refractivity contribution >= 4 is 27.3 Å². The molecule has 0 saturated carbocycles. The van der Waals surface area contributed by atoms with E-state index in [-0.39, 0.29) is 4.87 Å². The van der Waals surface area contributed by atoms with Gasteiger partial charge < -0.3 is 0 Å². The van der Waals surface area contributed by atoms with Crippen LogP contribution < -0.4 is 4.87 Å². The molecule has 0 aliphatic carbocycles. The van der Waals surface area contributed by atoms with Gasteiger partial charge in [-0.15, -0.1) is 0 Å². The summed E-state index contributed by atoms with van der Waals surface area (Å²) in [6, 6.07) is 3.85. The van der Waals surface area contributed by atoms with Gasteiger partial charge in [0.2, 0.25) is 0 Å². The van der Waals surface area contributed by atoms with Gasteiger partial charge in [0.15, 0.2) is 0 Å². The highest BCUT2D eigenvalue weighted by Crippen LogP contribution is 2.12. The Labute approximate surface area is 106 Å². The van der Waals surface area contributed by atoms with Crippen LogP contribution in [-0.2, 0) is 6.54 Å². The van der Waals surface area contributed by atoms with Gasteiger partial charge in [0.25, 0.3) is 0 Å². The third-order valence-electron chi connectivity index (χ3n) is 2.48. The van der Waals surface area contributed by atoms with Crippen LogP contribution in [0.4, 0.5) is 0 Å². The van der Waals surface area contributed by atoms with Crippen molar-refractivity contribution in [1.29, 1.82) is 0 Å². The second kappa shape index (κ2) is 4.51. The maximum absolute atomic E-state index is 11.7. The molecule has 16 heavy (non-hydrogen) atoms.